The van der Waals surface area contributed by atoms with E-state index >= 15 is 0 Å². The highest BCUT2D eigenvalue weighted by molar-refractivity contribution is 4.85. The van der Waals surface area contributed by atoms with E-state index < -0.39 is 24.5 Å². The maximum Gasteiger partial charge on any atom is 0.539 e. The maximum absolute atomic E-state index is 12.2. The molecule has 0 rings (SSSR count). The number of rotatable bonds is 5. The Balaban J connectivity index is 5.09. The van der Waals surface area contributed by atoms with E-state index in [-0.39, 0.29) is 6.26 Å². The van der Waals surface area contributed by atoms with Gasteiger partial charge in [0.05, 0.1) is 6.26 Å². The first-order valence-corrected chi connectivity index (χ1v) is 3.46. The Morgan fingerprint density at radius 1 is 0.824 bits per heavy atom. The van der Waals surface area contributed by atoms with Gasteiger partial charge in [0.2, 0.25) is 0 Å². The average molecular weight is 278 g/mol. The van der Waals surface area contributed by atoms with Crippen molar-refractivity contribution in [2.45, 2.75) is 24.5 Å². The molecule has 2 nitrogen and oxygen atoms in total. The zero-order valence-electron chi connectivity index (χ0n) is 7.50. The first kappa shape index (κ1) is 15.9. The van der Waals surface area contributed by atoms with Crippen molar-refractivity contribution >= 4 is 0 Å². The van der Waals surface area contributed by atoms with Crippen molar-refractivity contribution in [3.05, 3.63) is 12.8 Å². The van der Waals surface area contributed by atoms with Crippen LogP contribution in [0.25, 0.3) is 0 Å². The summed E-state index contributed by atoms with van der Waals surface area (Å²) in [5.74, 6) is -6.81. The lowest BCUT2D eigenvalue weighted by Crippen LogP contribution is -2.55. The van der Waals surface area contributed by atoms with Crippen LogP contribution in [0.4, 0.5) is 39.5 Å². The summed E-state index contributed by atoms with van der Waals surface area (Å²) in [6, 6.07) is 0. The fraction of sp³-hybridized carbons (Fsp3) is 0.667. The molecule has 0 saturated carbocycles. The van der Waals surface area contributed by atoms with Crippen molar-refractivity contribution in [1.82, 2.24) is 0 Å². The van der Waals surface area contributed by atoms with Gasteiger partial charge in [-0.15, -0.1) is 8.78 Å². The van der Waals surface area contributed by atoms with Crippen LogP contribution in [0.15, 0.2) is 12.8 Å². The first-order valence-electron chi connectivity index (χ1n) is 3.46. The zero-order chi connectivity index (χ0) is 14.1. The van der Waals surface area contributed by atoms with Crippen LogP contribution in [0.5, 0.6) is 0 Å². The third kappa shape index (κ3) is 3.41. The Labute approximate surface area is 87.6 Å². The Kier molecular flexibility index (Phi) is 3.99. The van der Waals surface area contributed by atoms with Crippen LogP contribution in [-0.2, 0) is 9.47 Å². The summed E-state index contributed by atoms with van der Waals surface area (Å²) >= 11 is 0. The summed E-state index contributed by atoms with van der Waals surface area (Å²) in [5, 5.41) is 0. The molecule has 11 heteroatoms. The molecular weight excluding hydrogens is 275 g/mol. The largest absolute Gasteiger partial charge is 0.539 e. The molecule has 0 bridgehead atoms. The van der Waals surface area contributed by atoms with E-state index in [2.05, 4.69) is 11.3 Å². The van der Waals surface area contributed by atoms with Gasteiger partial charge in [-0.25, -0.2) is 4.74 Å². The highest BCUT2D eigenvalue weighted by atomic mass is 19.4. The Bertz CT molecular complexity index is 282. The second-order valence-electron chi connectivity index (χ2n) is 2.44. The van der Waals surface area contributed by atoms with Gasteiger partial charge in [-0.2, -0.15) is 30.7 Å². The predicted molar refractivity (Wildman–Crippen MR) is 33.3 cm³/mol. The molecule has 0 aliphatic carbocycles. The summed E-state index contributed by atoms with van der Waals surface area (Å²) in [5.41, 5.74) is 0. The van der Waals surface area contributed by atoms with Crippen LogP contribution in [-0.4, -0.2) is 24.5 Å². The van der Waals surface area contributed by atoms with Gasteiger partial charge in [-0.3, -0.25) is 0 Å². The molecule has 0 aliphatic heterocycles. The van der Waals surface area contributed by atoms with Crippen LogP contribution >= 0.6 is 0 Å². The molecule has 0 unspecified atom stereocenters. The van der Waals surface area contributed by atoms with E-state index in [4.69, 9.17) is 0 Å². The van der Waals surface area contributed by atoms with E-state index in [1.54, 1.807) is 0 Å². The van der Waals surface area contributed by atoms with E-state index in [0.29, 0.717) is 0 Å². The van der Waals surface area contributed by atoms with Crippen molar-refractivity contribution in [3.8, 4) is 0 Å². The van der Waals surface area contributed by atoms with Crippen molar-refractivity contribution in [1.29, 1.82) is 0 Å². The topological polar surface area (TPSA) is 18.5 Å². The van der Waals surface area contributed by atoms with E-state index in [1.807, 2.05) is 4.74 Å². The lowest BCUT2D eigenvalue weighted by Gasteiger charge is -2.29. The van der Waals surface area contributed by atoms with Crippen molar-refractivity contribution < 1.29 is 49.0 Å². The second kappa shape index (κ2) is 4.27. The number of hydrogen-bond donors (Lipinski definition) is 0. The molecule has 0 atom stereocenters. The Morgan fingerprint density at radius 2 is 1.24 bits per heavy atom. The SMILES string of the molecule is C=COC(F)(F)OC(F)(F)C(F)(F)C(F)(F)F. The number of alkyl halides is 9. The normalized spacial score (nSPS) is 14.6. The quantitative estimate of drug-likeness (QED) is 0.435. The highest BCUT2D eigenvalue weighted by Gasteiger charge is 2.76. The van der Waals surface area contributed by atoms with E-state index in [9.17, 15) is 39.5 Å². The molecule has 0 spiro atoms. The van der Waals surface area contributed by atoms with Gasteiger partial charge >= 0.3 is 24.5 Å². The smallest absolute Gasteiger partial charge is 0.418 e. The number of hydrogen-bond acceptors (Lipinski definition) is 2. The fourth-order valence-electron chi connectivity index (χ4n) is 0.499. The van der Waals surface area contributed by atoms with Crippen LogP contribution in [0.2, 0.25) is 0 Å². The minimum absolute atomic E-state index is 0.179. The predicted octanol–water partition coefficient (Wildman–Crippen LogP) is 3.50. The molecule has 0 radical (unpaired) electrons. The lowest BCUT2D eigenvalue weighted by molar-refractivity contribution is -0.511. The molecule has 102 valence electrons. The van der Waals surface area contributed by atoms with Crippen LogP contribution in [0, 0.1) is 0 Å². The molecule has 0 fully saturated rings. The molecule has 17 heavy (non-hydrogen) atoms. The molecule has 0 aliphatic rings. The summed E-state index contributed by atoms with van der Waals surface area (Å²) in [7, 11) is 0. The molecular formula is C6H3F9O2. The van der Waals surface area contributed by atoms with Gasteiger partial charge in [-0.05, 0) is 0 Å². The van der Waals surface area contributed by atoms with Crippen LogP contribution in [0.3, 0.4) is 0 Å². The van der Waals surface area contributed by atoms with Crippen molar-refractivity contribution in [2.24, 2.45) is 0 Å². The minimum Gasteiger partial charge on any atom is -0.418 e. The fourth-order valence-corrected chi connectivity index (χ4v) is 0.499. The standard InChI is InChI=1S/C6H3F9O2/c1-2-16-6(14,15)17-5(12,13)3(7,8)4(9,10)11/h2H,1H2. The molecule has 0 heterocycles. The molecule has 0 saturated heterocycles. The third-order valence-electron chi connectivity index (χ3n) is 1.19. The van der Waals surface area contributed by atoms with Crippen LogP contribution in [0.1, 0.15) is 0 Å². The number of ether oxygens (including phenoxy) is 2. The minimum atomic E-state index is -6.81. The highest BCUT2D eigenvalue weighted by Crippen LogP contribution is 2.48. The maximum atomic E-state index is 12.2. The van der Waals surface area contributed by atoms with Gasteiger partial charge in [0, 0.05) is 0 Å². The first-order chi connectivity index (χ1) is 7.27. The summed E-state index contributed by atoms with van der Waals surface area (Å²) in [6.45, 7) is 2.45. The van der Waals surface area contributed by atoms with Gasteiger partial charge in [-0.1, -0.05) is 6.58 Å². The van der Waals surface area contributed by atoms with Gasteiger partial charge in [0.1, 0.15) is 0 Å². The van der Waals surface area contributed by atoms with Crippen molar-refractivity contribution in [2.75, 3.05) is 0 Å². The Hall–Kier alpha value is -1.13. The van der Waals surface area contributed by atoms with Gasteiger partial charge in [0.25, 0.3) is 0 Å². The zero-order valence-corrected chi connectivity index (χ0v) is 7.50. The van der Waals surface area contributed by atoms with E-state index in [1.165, 1.54) is 0 Å². The lowest BCUT2D eigenvalue weighted by atomic mass is 10.3. The van der Waals surface area contributed by atoms with Crippen molar-refractivity contribution in [3.63, 3.8) is 0 Å². The molecule has 0 aromatic carbocycles. The third-order valence-corrected chi connectivity index (χ3v) is 1.19. The Morgan fingerprint density at radius 3 is 1.53 bits per heavy atom. The summed E-state index contributed by atoms with van der Waals surface area (Å²) in [6.07, 6.45) is -18.9. The molecule has 0 aromatic rings. The average Bonchev–Trinajstić information content (AvgIpc) is 1.98. The van der Waals surface area contributed by atoms with E-state index in [0.717, 1.165) is 0 Å². The van der Waals surface area contributed by atoms with Gasteiger partial charge in [0.15, 0.2) is 0 Å². The monoisotopic (exact) mass is 278 g/mol. The summed E-state index contributed by atoms with van der Waals surface area (Å²) < 4.78 is 112. The second-order valence-corrected chi connectivity index (χ2v) is 2.44. The summed E-state index contributed by atoms with van der Waals surface area (Å²) in [4.78, 5) is 0. The molecule has 0 N–H and O–H groups in total. The van der Waals surface area contributed by atoms with Crippen LogP contribution < -0.4 is 0 Å². The number of halogens is 9. The van der Waals surface area contributed by atoms with Gasteiger partial charge < -0.3 is 4.74 Å². The molecule has 0 amide bonds. The molecule has 0 aromatic heterocycles.